The van der Waals surface area contributed by atoms with Crippen LogP contribution in [0.1, 0.15) is 26.7 Å². The van der Waals surface area contributed by atoms with Gasteiger partial charge in [0.15, 0.2) is 0 Å². The Labute approximate surface area is 113 Å². The zero-order valence-corrected chi connectivity index (χ0v) is 11.9. The van der Waals surface area contributed by atoms with Crippen LogP contribution in [0.5, 0.6) is 0 Å². The number of sulfonamides is 1. The Balaban J connectivity index is 4.15. The van der Waals surface area contributed by atoms with Crippen molar-refractivity contribution in [2.45, 2.75) is 32.7 Å². The number of carboxylic acids is 1. The highest BCUT2D eigenvalue weighted by Crippen LogP contribution is 2.00. The minimum absolute atomic E-state index is 0.105. The summed E-state index contributed by atoms with van der Waals surface area (Å²) in [6.45, 7) is 3.82. The summed E-state index contributed by atoms with van der Waals surface area (Å²) < 4.78 is 21.4. The second-order valence-electron chi connectivity index (χ2n) is 4.38. The molecule has 0 fully saturated rings. The van der Waals surface area contributed by atoms with Crippen molar-refractivity contribution in [2.75, 3.05) is 18.8 Å². The molecule has 4 N–H and O–H groups in total. The van der Waals surface area contributed by atoms with E-state index in [0.29, 0.717) is 0 Å². The summed E-state index contributed by atoms with van der Waals surface area (Å²) in [4.78, 5) is 23.6. The molecular formula is C10H21N3O5S. The minimum Gasteiger partial charge on any atom is -0.481 e. The number of rotatable bonds is 8. The van der Waals surface area contributed by atoms with E-state index in [1.54, 1.807) is 13.8 Å². The maximum atomic E-state index is 11.8. The van der Waals surface area contributed by atoms with Gasteiger partial charge in [0.1, 0.15) is 0 Å². The average Bonchev–Trinajstić information content (AvgIpc) is 2.22. The minimum atomic E-state index is -3.52. The fourth-order valence-corrected chi connectivity index (χ4v) is 1.93. The largest absolute Gasteiger partial charge is 0.481 e. The van der Waals surface area contributed by atoms with Gasteiger partial charge in [0.25, 0.3) is 0 Å². The summed E-state index contributed by atoms with van der Waals surface area (Å²) in [5, 5.41) is 16.0. The molecular weight excluding hydrogens is 274 g/mol. The van der Waals surface area contributed by atoms with E-state index in [1.165, 1.54) is 4.90 Å². The average molecular weight is 295 g/mol. The van der Waals surface area contributed by atoms with E-state index >= 15 is 0 Å². The number of nitrogens with one attached hydrogen (secondary N) is 1. The van der Waals surface area contributed by atoms with Gasteiger partial charge >= 0.3 is 12.0 Å². The lowest BCUT2D eigenvalue weighted by Gasteiger charge is -2.26. The van der Waals surface area contributed by atoms with Gasteiger partial charge < -0.3 is 15.3 Å². The summed E-state index contributed by atoms with van der Waals surface area (Å²) in [5.41, 5.74) is 0. The maximum absolute atomic E-state index is 11.8. The smallest absolute Gasteiger partial charge is 0.317 e. The van der Waals surface area contributed by atoms with Crippen molar-refractivity contribution in [1.82, 2.24) is 10.2 Å². The topological polar surface area (TPSA) is 130 Å². The Morgan fingerprint density at radius 2 is 1.95 bits per heavy atom. The van der Waals surface area contributed by atoms with E-state index < -0.39 is 22.0 Å². The molecule has 0 radical (unpaired) electrons. The summed E-state index contributed by atoms with van der Waals surface area (Å²) in [5.74, 6) is -1.18. The van der Waals surface area contributed by atoms with Crippen LogP contribution >= 0.6 is 0 Å². The van der Waals surface area contributed by atoms with Crippen molar-refractivity contribution in [3.63, 3.8) is 0 Å². The molecule has 0 heterocycles. The van der Waals surface area contributed by atoms with Crippen molar-refractivity contribution in [3.8, 4) is 0 Å². The first-order valence-corrected chi connectivity index (χ1v) is 7.61. The molecule has 0 spiro atoms. The fourth-order valence-electron chi connectivity index (χ4n) is 1.38. The van der Waals surface area contributed by atoms with Crippen LogP contribution in [0.2, 0.25) is 0 Å². The highest BCUT2D eigenvalue weighted by atomic mass is 32.2. The van der Waals surface area contributed by atoms with Gasteiger partial charge in [-0.2, -0.15) is 0 Å². The van der Waals surface area contributed by atoms with Crippen LogP contribution in [0.4, 0.5) is 4.79 Å². The van der Waals surface area contributed by atoms with E-state index in [1.807, 2.05) is 0 Å². The molecule has 0 aromatic heterocycles. The molecule has 0 aliphatic carbocycles. The Morgan fingerprint density at radius 3 is 2.37 bits per heavy atom. The zero-order valence-electron chi connectivity index (χ0n) is 11.1. The quantitative estimate of drug-likeness (QED) is 0.523. The number of nitrogens with two attached hydrogens (primary N) is 1. The second-order valence-corrected chi connectivity index (χ2v) is 6.12. The van der Waals surface area contributed by atoms with Crippen LogP contribution in [-0.4, -0.2) is 55.3 Å². The number of carbonyl (C=O) groups is 2. The van der Waals surface area contributed by atoms with Crippen molar-refractivity contribution in [1.29, 1.82) is 0 Å². The van der Waals surface area contributed by atoms with Crippen LogP contribution in [0.3, 0.4) is 0 Å². The predicted molar refractivity (Wildman–Crippen MR) is 70.1 cm³/mol. The van der Waals surface area contributed by atoms with E-state index in [-0.39, 0.29) is 37.7 Å². The van der Waals surface area contributed by atoms with E-state index in [9.17, 15) is 18.0 Å². The summed E-state index contributed by atoms with van der Waals surface area (Å²) >= 11 is 0. The highest BCUT2D eigenvalue weighted by molar-refractivity contribution is 7.89. The molecule has 0 atom stereocenters. The molecule has 2 amide bonds. The van der Waals surface area contributed by atoms with E-state index in [2.05, 4.69) is 5.32 Å². The monoisotopic (exact) mass is 295 g/mol. The Morgan fingerprint density at radius 1 is 1.37 bits per heavy atom. The molecule has 112 valence electrons. The van der Waals surface area contributed by atoms with Crippen molar-refractivity contribution in [2.24, 2.45) is 5.14 Å². The van der Waals surface area contributed by atoms with Gasteiger partial charge in [0.05, 0.1) is 12.2 Å². The third-order valence-corrected chi connectivity index (χ3v) is 3.19. The SMILES string of the molecule is CC(C)N(CCC(=O)O)C(=O)NCCCS(N)(=O)=O. The summed E-state index contributed by atoms with van der Waals surface area (Å²) in [6.07, 6.45) is 0.0816. The molecule has 0 bridgehead atoms. The van der Waals surface area contributed by atoms with Crippen LogP contribution in [-0.2, 0) is 14.8 Å². The van der Waals surface area contributed by atoms with E-state index in [0.717, 1.165) is 0 Å². The molecule has 0 unspecified atom stereocenters. The van der Waals surface area contributed by atoms with Crippen molar-refractivity contribution >= 4 is 22.0 Å². The number of carboxylic acid groups (broad SMARTS) is 1. The van der Waals surface area contributed by atoms with E-state index in [4.69, 9.17) is 10.2 Å². The molecule has 0 saturated heterocycles. The molecule has 19 heavy (non-hydrogen) atoms. The number of carbonyl (C=O) groups excluding carboxylic acids is 1. The molecule has 0 rings (SSSR count). The molecule has 8 nitrogen and oxygen atoms in total. The number of hydrogen-bond donors (Lipinski definition) is 3. The third-order valence-electron chi connectivity index (χ3n) is 2.33. The lowest BCUT2D eigenvalue weighted by Crippen LogP contribution is -2.45. The first-order chi connectivity index (χ1) is 8.63. The third kappa shape index (κ3) is 9.25. The van der Waals surface area contributed by atoms with Gasteiger partial charge in [-0.25, -0.2) is 18.4 Å². The highest BCUT2D eigenvalue weighted by Gasteiger charge is 2.17. The van der Waals surface area contributed by atoms with Gasteiger partial charge in [-0.05, 0) is 20.3 Å². The van der Waals surface area contributed by atoms with Crippen molar-refractivity contribution < 1.29 is 23.1 Å². The number of hydrogen-bond acceptors (Lipinski definition) is 4. The van der Waals surface area contributed by atoms with Gasteiger partial charge in [0, 0.05) is 19.1 Å². The lowest BCUT2D eigenvalue weighted by molar-refractivity contribution is -0.137. The summed E-state index contributed by atoms with van der Waals surface area (Å²) in [6, 6.07) is -0.553. The predicted octanol–water partition coefficient (Wildman–Crippen LogP) is -0.440. The van der Waals surface area contributed by atoms with Gasteiger partial charge in [-0.15, -0.1) is 0 Å². The molecule has 0 saturated carbocycles. The fraction of sp³-hybridized carbons (Fsp3) is 0.800. The van der Waals surface area contributed by atoms with Crippen molar-refractivity contribution in [3.05, 3.63) is 0 Å². The number of primary sulfonamides is 1. The Bertz CT molecular complexity index is 407. The first kappa shape index (κ1) is 17.6. The zero-order chi connectivity index (χ0) is 15.1. The lowest BCUT2D eigenvalue weighted by atomic mass is 10.3. The van der Waals surface area contributed by atoms with Crippen LogP contribution in [0.25, 0.3) is 0 Å². The number of amides is 2. The molecule has 9 heteroatoms. The maximum Gasteiger partial charge on any atom is 0.317 e. The van der Waals surface area contributed by atoms with Gasteiger partial charge in [-0.3, -0.25) is 4.79 Å². The van der Waals surface area contributed by atoms with Crippen LogP contribution < -0.4 is 10.5 Å². The standard InChI is InChI=1S/C10H21N3O5S/c1-8(2)13(6-4-9(14)15)10(16)12-5-3-7-19(11,17)18/h8H,3-7H2,1-2H3,(H,12,16)(H,14,15)(H2,11,17,18). The number of nitrogens with zero attached hydrogens (tertiary/aromatic N) is 1. The van der Waals surface area contributed by atoms with Gasteiger partial charge in [-0.1, -0.05) is 0 Å². The molecule has 0 aromatic rings. The summed E-state index contributed by atoms with van der Waals surface area (Å²) in [7, 11) is -3.52. The Hall–Kier alpha value is -1.35. The molecule has 0 aliphatic rings. The first-order valence-electron chi connectivity index (χ1n) is 5.90. The number of aliphatic carboxylic acids is 1. The normalized spacial score (nSPS) is 11.4. The second kappa shape index (κ2) is 7.95. The number of urea groups is 1. The van der Waals surface area contributed by atoms with Gasteiger partial charge in [0.2, 0.25) is 10.0 Å². The van der Waals surface area contributed by atoms with Crippen LogP contribution in [0.15, 0.2) is 0 Å². The Kier molecular flexibility index (Phi) is 7.38. The molecule has 0 aromatic carbocycles. The molecule has 0 aliphatic heterocycles. The van der Waals surface area contributed by atoms with Crippen LogP contribution in [0, 0.1) is 0 Å².